The molecule has 2 aromatic rings. The van der Waals surface area contributed by atoms with E-state index in [2.05, 4.69) is 38.5 Å². The van der Waals surface area contributed by atoms with Gasteiger partial charge in [0.15, 0.2) is 5.96 Å². The van der Waals surface area contributed by atoms with Crippen molar-refractivity contribution in [3.8, 4) is 0 Å². The van der Waals surface area contributed by atoms with E-state index in [4.69, 9.17) is 5.73 Å². The van der Waals surface area contributed by atoms with Gasteiger partial charge in [-0.2, -0.15) is 11.8 Å². The summed E-state index contributed by atoms with van der Waals surface area (Å²) in [4.78, 5) is 11.3. The fourth-order valence-electron chi connectivity index (χ4n) is 2.50. The molecule has 0 aliphatic carbocycles. The van der Waals surface area contributed by atoms with E-state index in [1.807, 2.05) is 24.0 Å². The topological polar surface area (TPSA) is 58.9 Å². The van der Waals surface area contributed by atoms with Crippen molar-refractivity contribution in [2.24, 2.45) is 10.7 Å². The number of fused-ring (bicyclic) bond motifs is 1. The summed E-state index contributed by atoms with van der Waals surface area (Å²) in [5.74, 6) is 2.96. The summed E-state index contributed by atoms with van der Waals surface area (Å²) >= 11 is 1.98. The summed E-state index contributed by atoms with van der Waals surface area (Å²) in [7, 11) is 0. The van der Waals surface area contributed by atoms with Gasteiger partial charge < -0.3 is 15.0 Å². The molecule has 0 radical (unpaired) electrons. The highest BCUT2D eigenvalue weighted by atomic mass is 32.2. The third-order valence-corrected chi connectivity index (χ3v) is 4.65. The van der Waals surface area contributed by atoms with E-state index in [0.29, 0.717) is 12.5 Å². The van der Waals surface area contributed by atoms with Crippen molar-refractivity contribution in [2.45, 2.75) is 13.3 Å². The maximum Gasteiger partial charge on any atom is 0.191 e. The zero-order chi connectivity index (χ0) is 14.7. The molecule has 1 aliphatic rings. The Morgan fingerprint density at radius 3 is 3.00 bits per heavy atom. The van der Waals surface area contributed by atoms with Crippen LogP contribution in [0.4, 0.5) is 0 Å². The lowest BCUT2D eigenvalue weighted by Crippen LogP contribution is -2.42. The second-order valence-corrected chi connectivity index (χ2v) is 6.47. The number of nitrogens with zero attached hydrogens (tertiary/aromatic N) is 4. The summed E-state index contributed by atoms with van der Waals surface area (Å²) in [5.41, 5.74) is 9.34. The molecular weight excluding hydrogens is 282 g/mol. The number of hydrogen-bond donors (Lipinski definition) is 1. The maximum atomic E-state index is 6.05. The lowest BCUT2D eigenvalue weighted by molar-refractivity contribution is 0.456. The van der Waals surface area contributed by atoms with Crippen LogP contribution in [0.15, 0.2) is 29.5 Å². The number of rotatable bonds is 3. The van der Waals surface area contributed by atoms with Crippen molar-refractivity contribution in [1.82, 2.24) is 14.3 Å². The molecule has 3 heterocycles. The minimum atomic E-state index is 0.676. The molecule has 0 amide bonds. The molecule has 3 rings (SSSR count). The van der Waals surface area contributed by atoms with Crippen molar-refractivity contribution in [2.75, 3.05) is 31.1 Å². The van der Waals surface area contributed by atoms with Gasteiger partial charge in [-0.25, -0.2) is 4.98 Å². The van der Waals surface area contributed by atoms with Crippen molar-refractivity contribution < 1.29 is 0 Å². The molecule has 0 saturated carbocycles. The summed E-state index contributed by atoms with van der Waals surface area (Å²) < 4.78 is 2.07. The molecule has 112 valence electrons. The van der Waals surface area contributed by atoms with E-state index in [1.54, 1.807) is 0 Å². The Hall–Kier alpha value is -1.69. The molecule has 0 spiro atoms. The number of nitrogens with two attached hydrogens (primary N) is 1. The SMILES string of the molecule is Cc1cccn2cc(CCN=C(N)N3CCSCC3)nc12. The molecule has 5 nitrogen and oxygen atoms in total. The fourth-order valence-corrected chi connectivity index (χ4v) is 3.41. The van der Waals surface area contributed by atoms with Crippen LogP contribution in [0.25, 0.3) is 5.65 Å². The Labute approximate surface area is 129 Å². The van der Waals surface area contributed by atoms with Gasteiger partial charge in [0.05, 0.1) is 5.69 Å². The first kappa shape index (κ1) is 14.3. The largest absolute Gasteiger partial charge is 0.370 e. The third kappa shape index (κ3) is 3.32. The van der Waals surface area contributed by atoms with Crippen LogP contribution in [-0.4, -0.2) is 51.4 Å². The number of aromatic nitrogens is 2. The maximum absolute atomic E-state index is 6.05. The van der Waals surface area contributed by atoms with E-state index in [9.17, 15) is 0 Å². The minimum absolute atomic E-state index is 0.676. The van der Waals surface area contributed by atoms with Crippen LogP contribution in [-0.2, 0) is 6.42 Å². The molecule has 0 bridgehead atoms. The number of guanidine groups is 1. The van der Waals surface area contributed by atoms with Crippen LogP contribution in [0, 0.1) is 6.92 Å². The Bertz CT molecular complexity index is 643. The van der Waals surface area contributed by atoms with E-state index in [-0.39, 0.29) is 0 Å². The zero-order valence-electron chi connectivity index (χ0n) is 12.3. The molecule has 21 heavy (non-hydrogen) atoms. The summed E-state index contributed by atoms with van der Waals surface area (Å²) in [6.45, 7) is 4.79. The van der Waals surface area contributed by atoms with Crippen LogP contribution in [0.5, 0.6) is 0 Å². The first-order valence-corrected chi connectivity index (χ1v) is 8.45. The number of aliphatic imine (C=N–C) groups is 1. The van der Waals surface area contributed by atoms with E-state index in [1.165, 1.54) is 5.56 Å². The van der Waals surface area contributed by atoms with Gasteiger partial charge >= 0.3 is 0 Å². The van der Waals surface area contributed by atoms with Crippen LogP contribution in [0.1, 0.15) is 11.3 Å². The molecule has 0 unspecified atom stereocenters. The molecule has 0 atom stereocenters. The lowest BCUT2D eigenvalue weighted by atomic mass is 10.3. The van der Waals surface area contributed by atoms with Crippen molar-refractivity contribution in [3.05, 3.63) is 35.8 Å². The molecule has 1 saturated heterocycles. The number of imidazole rings is 1. The van der Waals surface area contributed by atoms with Gasteiger partial charge in [0.2, 0.25) is 0 Å². The summed E-state index contributed by atoms with van der Waals surface area (Å²) in [6.07, 6.45) is 4.93. The Morgan fingerprint density at radius 1 is 1.43 bits per heavy atom. The molecule has 2 aromatic heterocycles. The number of aryl methyl sites for hydroxylation is 1. The van der Waals surface area contributed by atoms with Gasteiger partial charge in [-0.3, -0.25) is 4.99 Å². The fraction of sp³-hybridized carbons (Fsp3) is 0.467. The van der Waals surface area contributed by atoms with Crippen LogP contribution < -0.4 is 5.73 Å². The van der Waals surface area contributed by atoms with Gasteiger partial charge in [0.1, 0.15) is 5.65 Å². The molecule has 2 N–H and O–H groups in total. The zero-order valence-corrected chi connectivity index (χ0v) is 13.1. The average Bonchev–Trinajstić information content (AvgIpc) is 2.92. The Balaban J connectivity index is 1.62. The molecule has 0 aromatic carbocycles. The van der Waals surface area contributed by atoms with Crippen molar-refractivity contribution in [1.29, 1.82) is 0 Å². The predicted molar refractivity (Wildman–Crippen MR) is 89.0 cm³/mol. The molecule has 1 fully saturated rings. The van der Waals surface area contributed by atoms with Gasteiger partial charge in [-0.05, 0) is 18.6 Å². The number of hydrogen-bond acceptors (Lipinski definition) is 3. The van der Waals surface area contributed by atoms with E-state index < -0.39 is 0 Å². The second kappa shape index (κ2) is 6.39. The minimum Gasteiger partial charge on any atom is -0.370 e. The Kier molecular flexibility index (Phi) is 4.34. The lowest BCUT2D eigenvalue weighted by Gasteiger charge is -2.27. The van der Waals surface area contributed by atoms with E-state index in [0.717, 1.165) is 42.4 Å². The summed E-state index contributed by atoms with van der Waals surface area (Å²) in [6, 6.07) is 4.12. The monoisotopic (exact) mass is 303 g/mol. The Morgan fingerprint density at radius 2 is 2.24 bits per heavy atom. The van der Waals surface area contributed by atoms with Crippen molar-refractivity contribution >= 4 is 23.4 Å². The standard InChI is InChI=1S/C15H21N5S/c1-12-3-2-6-20-11-13(18-14(12)20)4-5-17-15(16)19-7-9-21-10-8-19/h2-3,6,11H,4-5,7-10H2,1H3,(H2,16,17). The molecular formula is C15H21N5S. The summed E-state index contributed by atoms with van der Waals surface area (Å²) in [5, 5.41) is 0. The first-order chi connectivity index (χ1) is 10.2. The highest BCUT2D eigenvalue weighted by Crippen LogP contribution is 2.11. The van der Waals surface area contributed by atoms with Crippen LogP contribution in [0.3, 0.4) is 0 Å². The van der Waals surface area contributed by atoms with Gasteiger partial charge in [-0.1, -0.05) is 6.07 Å². The first-order valence-electron chi connectivity index (χ1n) is 7.30. The van der Waals surface area contributed by atoms with Gasteiger partial charge in [-0.15, -0.1) is 0 Å². The predicted octanol–water partition coefficient (Wildman–Crippen LogP) is 1.55. The quantitative estimate of drug-likeness (QED) is 0.690. The molecule has 6 heteroatoms. The van der Waals surface area contributed by atoms with Crippen LogP contribution >= 0.6 is 11.8 Å². The molecule has 1 aliphatic heterocycles. The smallest absolute Gasteiger partial charge is 0.191 e. The number of thioether (sulfide) groups is 1. The third-order valence-electron chi connectivity index (χ3n) is 3.70. The van der Waals surface area contributed by atoms with Crippen LogP contribution in [0.2, 0.25) is 0 Å². The highest BCUT2D eigenvalue weighted by molar-refractivity contribution is 7.99. The highest BCUT2D eigenvalue weighted by Gasteiger charge is 2.12. The average molecular weight is 303 g/mol. The van der Waals surface area contributed by atoms with Gasteiger partial charge in [0.25, 0.3) is 0 Å². The number of pyridine rings is 1. The van der Waals surface area contributed by atoms with Gasteiger partial charge in [0, 0.05) is 50.0 Å². The van der Waals surface area contributed by atoms with E-state index >= 15 is 0 Å². The second-order valence-electron chi connectivity index (χ2n) is 5.24. The normalized spacial score (nSPS) is 16.6. The van der Waals surface area contributed by atoms with Crippen molar-refractivity contribution in [3.63, 3.8) is 0 Å².